The van der Waals surface area contributed by atoms with Crippen LogP contribution in [0.2, 0.25) is 0 Å². The summed E-state index contributed by atoms with van der Waals surface area (Å²) >= 11 is 0. The van der Waals surface area contributed by atoms with E-state index in [0.717, 1.165) is 52.1 Å². The zero-order chi connectivity index (χ0) is 18.8. The molecule has 2 aromatic heterocycles. The van der Waals surface area contributed by atoms with E-state index in [9.17, 15) is 5.11 Å². The molecule has 0 spiro atoms. The largest absolute Gasteiger partial charge is 0.393 e. The van der Waals surface area contributed by atoms with Gasteiger partial charge in [-0.3, -0.25) is 5.10 Å². The number of aromatic amines is 1. The fourth-order valence-corrected chi connectivity index (χ4v) is 3.47. The number of hydrogen-bond acceptors (Lipinski definition) is 6. The third-order valence-corrected chi connectivity index (χ3v) is 4.86. The van der Waals surface area contributed by atoms with Gasteiger partial charge in [-0.15, -0.1) is 0 Å². The van der Waals surface area contributed by atoms with Crippen molar-refractivity contribution in [1.29, 1.82) is 5.41 Å². The molecular weight excluding hydrogens is 340 g/mol. The smallest absolute Gasteiger partial charge is 0.129 e. The number of fused-ring (bicyclic) bond motifs is 1. The lowest BCUT2D eigenvalue weighted by Gasteiger charge is -2.16. The van der Waals surface area contributed by atoms with E-state index in [1.54, 1.807) is 12.4 Å². The molecule has 7 nitrogen and oxygen atoms in total. The molecule has 0 saturated carbocycles. The summed E-state index contributed by atoms with van der Waals surface area (Å²) in [5, 5.41) is 29.0. The van der Waals surface area contributed by atoms with Crippen LogP contribution in [0.3, 0.4) is 0 Å². The van der Waals surface area contributed by atoms with Crippen molar-refractivity contribution in [2.45, 2.75) is 12.5 Å². The Morgan fingerprint density at radius 3 is 3.00 bits per heavy atom. The monoisotopic (exact) mass is 362 g/mol. The van der Waals surface area contributed by atoms with E-state index in [4.69, 9.17) is 5.41 Å². The summed E-state index contributed by atoms with van der Waals surface area (Å²) in [6, 6.07) is 9.96. The number of allylic oxidation sites excluding steroid dienone is 1. The molecule has 0 unspecified atom stereocenters. The minimum absolute atomic E-state index is 0.289. The van der Waals surface area contributed by atoms with E-state index in [-0.39, 0.29) is 6.10 Å². The molecule has 138 valence electrons. The molecule has 3 heterocycles. The molecule has 1 aromatic carbocycles. The average molecular weight is 362 g/mol. The van der Waals surface area contributed by atoms with Gasteiger partial charge >= 0.3 is 0 Å². The Labute approximate surface area is 157 Å². The van der Waals surface area contributed by atoms with E-state index < -0.39 is 0 Å². The van der Waals surface area contributed by atoms with Crippen molar-refractivity contribution in [3.63, 3.8) is 0 Å². The van der Waals surface area contributed by atoms with Gasteiger partial charge in [-0.1, -0.05) is 6.07 Å². The molecular formula is C20H22N6O. The lowest BCUT2D eigenvalue weighted by atomic mass is 10.0. The number of β-amino-alcohol motifs (C(OH)–C–C–N with tert-alkyl or cyclic N) is 1. The Morgan fingerprint density at radius 1 is 1.37 bits per heavy atom. The maximum Gasteiger partial charge on any atom is 0.129 e. The highest BCUT2D eigenvalue weighted by Crippen LogP contribution is 2.30. The molecule has 1 atom stereocenters. The number of rotatable bonds is 5. The van der Waals surface area contributed by atoms with E-state index >= 15 is 0 Å². The topological polar surface area (TPSA) is 101 Å². The molecule has 1 aliphatic heterocycles. The Balaban J connectivity index is 1.76. The summed E-state index contributed by atoms with van der Waals surface area (Å²) < 4.78 is 0. The van der Waals surface area contributed by atoms with Gasteiger partial charge < -0.3 is 20.7 Å². The number of pyridine rings is 1. The molecule has 1 saturated heterocycles. The van der Waals surface area contributed by atoms with Crippen LogP contribution in [-0.2, 0) is 0 Å². The molecule has 0 bridgehead atoms. The molecule has 3 aromatic rings. The predicted octanol–water partition coefficient (Wildman–Crippen LogP) is 2.41. The summed E-state index contributed by atoms with van der Waals surface area (Å²) in [5.41, 5.74) is 4.51. The number of anilines is 1. The van der Waals surface area contributed by atoms with Crippen LogP contribution in [0.4, 0.5) is 5.82 Å². The molecule has 0 amide bonds. The lowest BCUT2D eigenvalue weighted by molar-refractivity contribution is 0.198. The SMILES string of the molecule is CN/C=C(\C=N)c1ccc2[nH]nc(-c3ccnc(N4CC[C@@H](O)C4)c3)c2c1. The minimum Gasteiger partial charge on any atom is -0.393 e. The van der Waals surface area contributed by atoms with E-state index in [2.05, 4.69) is 25.4 Å². The van der Waals surface area contributed by atoms with Crippen LogP contribution in [0.1, 0.15) is 12.0 Å². The summed E-state index contributed by atoms with van der Waals surface area (Å²) in [4.78, 5) is 6.55. The molecule has 4 rings (SSSR count). The van der Waals surface area contributed by atoms with Gasteiger partial charge in [-0.25, -0.2) is 4.98 Å². The molecule has 27 heavy (non-hydrogen) atoms. The fraction of sp³-hybridized carbons (Fsp3) is 0.250. The Hall–Kier alpha value is -3.19. The Bertz CT molecular complexity index is 1010. The van der Waals surface area contributed by atoms with Gasteiger partial charge in [0.25, 0.3) is 0 Å². The van der Waals surface area contributed by atoms with E-state index in [0.29, 0.717) is 6.54 Å². The number of hydrogen-bond donors (Lipinski definition) is 4. The van der Waals surface area contributed by atoms with Gasteiger partial charge in [-0.2, -0.15) is 5.10 Å². The highest BCUT2D eigenvalue weighted by molar-refractivity contribution is 6.09. The Morgan fingerprint density at radius 2 is 2.26 bits per heavy atom. The minimum atomic E-state index is -0.289. The standard InChI is InChI=1S/C20H22N6O/c1-22-11-15(10-21)13-2-3-18-17(8-13)20(25-24-18)14-4-6-23-19(9-14)26-7-5-16(27)12-26/h2-4,6,8-11,16,21-22,27H,5,7,12H2,1H3,(H,24,25)/b15-11+,21-10?/t16-/m1/s1. The number of nitrogens with zero attached hydrogens (tertiary/aromatic N) is 3. The summed E-state index contributed by atoms with van der Waals surface area (Å²) in [7, 11) is 1.82. The zero-order valence-corrected chi connectivity index (χ0v) is 15.1. The second-order valence-electron chi connectivity index (χ2n) is 6.66. The van der Waals surface area contributed by atoms with Crippen LogP contribution >= 0.6 is 0 Å². The van der Waals surface area contributed by atoms with Crippen molar-refractivity contribution in [3.05, 3.63) is 48.3 Å². The van der Waals surface area contributed by atoms with Gasteiger partial charge in [0.15, 0.2) is 0 Å². The normalized spacial score (nSPS) is 17.5. The van der Waals surface area contributed by atoms with E-state index in [1.165, 1.54) is 6.21 Å². The number of nitrogens with one attached hydrogen (secondary N) is 3. The lowest BCUT2D eigenvalue weighted by Crippen LogP contribution is -2.22. The van der Waals surface area contributed by atoms with Crippen LogP contribution in [0.25, 0.3) is 27.7 Å². The average Bonchev–Trinajstić information content (AvgIpc) is 3.32. The van der Waals surface area contributed by atoms with Crippen molar-refractivity contribution in [2.75, 3.05) is 25.0 Å². The first-order chi connectivity index (χ1) is 13.2. The molecule has 1 fully saturated rings. The van der Waals surface area contributed by atoms with E-state index in [1.807, 2.05) is 37.4 Å². The number of benzene rings is 1. The van der Waals surface area contributed by atoms with Crippen LogP contribution in [-0.4, -0.2) is 52.7 Å². The first-order valence-corrected chi connectivity index (χ1v) is 8.95. The van der Waals surface area contributed by atoms with Crippen LogP contribution < -0.4 is 10.2 Å². The molecule has 4 N–H and O–H groups in total. The fourth-order valence-electron chi connectivity index (χ4n) is 3.47. The van der Waals surface area contributed by atoms with Crippen LogP contribution in [0.5, 0.6) is 0 Å². The van der Waals surface area contributed by atoms with Gasteiger partial charge in [0.1, 0.15) is 11.5 Å². The van der Waals surface area contributed by atoms with Crippen molar-refractivity contribution in [2.24, 2.45) is 0 Å². The molecule has 0 aliphatic carbocycles. The second-order valence-corrected chi connectivity index (χ2v) is 6.66. The quantitative estimate of drug-likeness (QED) is 0.522. The van der Waals surface area contributed by atoms with Crippen LogP contribution in [0, 0.1) is 5.41 Å². The van der Waals surface area contributed by atoms with Crippen molar-refractivity contribution in [1.82, 2.24) is 20.5 Å². The number of aromatic nitrogens is 3. The summed E-state index contributed by atoms with van der Waals surface area (Å²) in [6.07, 6.45) is 5.40. The first kappa shape index (κ1) is 17.2. The Kier molecular flexibility index (Phi) is 4.60. The van der Waals surface area contributed by atoms with Gasteiger partial charge in [-0.05, 0) is 36.2 Å². The van der Waals surface area contributed by atoms with Gasteiger partial charge in [0, 0.05) is 55.3 Å². The van der Waals surface area contributed by atoms with Crippen molar-refractivity contribution >= 4 is 28.5 Å². The predicted molar refractivity (Wildman–Crippen MR) is 108 cm³/mol. The maximum absolute atomic E-state index is 9.79. The van der Waals surface area contributed by atoms with Gasteiger partial charge in [0.2, 0.25) is 0 Å². The maximum atomic E-state index is 9.79. The van der Waals surface area contributed by atoms with Crippen molar-refractivity contribution in [3.8, 4) is 11.3 Å². The second kappa shape index (κ2) is 7.20. The molecule has 7 heteroatoms. The summed E-state index contributed by atoms with van der Waals surface area (Å²) in [5.74, 6) is 0.853. The van der Waals surface area contributed by atoms with Crippen LogP contribution in [0.15, 0.2) is 42.7 Å². The summed E-state index contributed by atoms with van der Waals surface area (Å²) in [6.45, 7) is 1.42. The number of aliphatic hydroxyl groups is 1. The number of H-pyrrole nitrogens is 1. The first-order valence-electron chi connectivity index (χ1n) is 8.95. The third-order valence-electron chi connectivity index (χ3n) is 4.86. The molecule has 1 aliphatic rings. The molecule has 0 radical (unpaired) electrons. The highest BCUT2D eigenvalue weighted by Gasteiger charge is 2.22. The third kappa shape index (κ3) is 3.29. The number of aliphatic hydroxyl groups excluding tert-OH is 1. The highest BCUT2D eigenvalue weighted by atomic mass is 16.3. The zero-order valence-electron chi connectivity index (χ0n) is 15.1. The van der Waals surface area contributed by atoms with Gasteiger partial charge in [0.05, 0.1) is 11.6 Å². The van der Waals surface area contributed by atoms with Crippen molar-refractivity contribution < 1.29 is 5.11 Å².